The zero-order valence-electron chi connectivity index (χ0n) is 9.92. The summed E-state index contributed by atoms with van der Waals surface area (Å²) in [6, 6.07) is 3.65. The number of pyridine rings is 1. The number of ether oxygens (including phenoxy) is 1. The van der Waals surface area contributed by atoms with E-state index in [0.717, 1.165) is 9.40 Å². The van der Waals surface area contributed by atoms with Gasteiger partial charge in [0.05, 0.1) is 0 Å². The van der Waals surface area contributed by atoms with Gasteiger partial charge in [-0.15, -0.1) is 0 Å². The molecule has 15 heavy (non-hydrogen) atoms. The Morgan fingerprint density at radius 3 is 2.40 bits per heavy atom. The van der Waals surface area contributed by atoms with E-state index in [2.05, 4.69) is 19.8 Å². The molecule has 3 nitrogen and oxygen atoms in total. The number of carbonyl (C=O) groups is 1. The van der Waals surface area contributed by atoms with Crippen molar-refractivity contribution >= 4 is 28.1 Å². The molecule has 1 aromatic heterocycles. The molecule has 0 spiro atoms. The number of methoxy groups -OCH3 is 1. The quantitative estimate of drug-likeness (QED) is 0.616. The van der Waals surface area contributed by atoms with Crippen molar-refractivity contribution in [3.05, 3.63) is 23.4 Å². The summed E-state index contributed by atoms with van der Waals surface area (Å²) in [6.45, 7) is 1.91. The van der Waals surface area contributed by atoms with Gasteiger partial charge in [0, 0.05) is 0 Å². The molecule has 0 saturated heterocycles. The van der Waals surface area contributed by atoms with Crippen LogP contribution in [-0.2, 0) is 4.74 Å². The maximum absolute atomic E-state index is 11.4. The summed E-state index contributed by atoms with van der Waals surface area (Å²) in [6.07, 6.45) is 0. The van der Waals surface area contributed by atoms with Crippen LogP contribution in [0.25, 0.3) is 0 Å². The molecule has 0 aromatic carbocycles. The van der Waals surface area contributed by atoms with Crippen molar-refractivity contribution in [3.8, 4) is 0 Å². The van der Waals surface area contributed by atoms with Crippen LogP contribution in [0.3, 0.4) is 0 Å². The first kappa shape index (κ1) is 12.5. The van der Waals surface area contributed by atoms with Crippen LogP contribution in [0.2, 0.25) is 14.8 Å². The van der Waals surface area contributed by atoms with Gasteiger partial charge in [-0.25, -0.2) is 0 Å². The fourth-order valence-corrected chi connectivity index (χ4v) is 4.43. The Balaban J connectivity index is 3.23. The molecule has 0 N–H and O–H groups in total. The number of esters is 1. The average molecular weight is 314 g/mol. The van der Waals surface area contributed by atoms with Crippen molar-refractivity contribution in [2.75, 3.05) is 7.11 Å². The van der Waals surface area contributed by atoms with E-state index in [4.69, 9.17) is 4.74 Å². The first-order chi connectivity index (χ1) is 6.84. The Labute approximate surface area is 94.7 Å². The first-order valence-corrected chi connectivity index (χ1v) is 14.9. The fourth-order valence-electron chi connectivity index (χ4n) is 1.29. The summed E-state index contributed by atoms with van der Waals surface area (Å²) >= 11 is -2.20. The minimum atomic E-state index is -2.20. The summed E-state index contributed by atoms with van der Waals surface area (Å²) in [5.74, 6) is -0.280. The number of hydrogen-bond donors (Lipinski definition) is 0. The summed E-state index contributed by atoms with van der Waals surface area (Å²) in [4.78, 5) is 22.8. The number of aryl methyl sites for hydroxylation is 1. The van der Waals surface area contributed by atoms with Gasteiger partial charge in [0.25, 0.3) is 0 Å². The van der Waals surface area contributed by atoms with Gasteiger partial charge in [-0.1, -0.05) is 0 Å². The molecular formula is C11H17NO2Sn. The van der Waals surface area contributed by atoms with E-state index >= 15 is 0 Å². The van der Waals surface area contributed by atoms with Crippen LogP contribution >= 0.6 is 0 Å². The van der Waals surface area contributed by atoms with Crippen LogP contribution in [0.15, 0.2) is 12.1 Å². The number of aromatic nitrogens is 1. The summed E-state index contributed by atoms with van der Waals surface area (Å²) in [5, 5.41) is 0. The molecule has 0 bridgehead atoms. The summed E-state index contributed by atoms with van der Waals surface area (Å²) in [5.41, 5.74) is 1.51. The molecule has 0 saturated carbocycles. The van der Waals surface area contributed by atoms with Crippen molar-refractivity contribution in [3.63, 3.8) is 0 Å². The molecule has 0 aliphatic rings. The predicted molar refractivity (Wildman–Crippen MR) is 63.3 cm³/mol. The van der Waals surface area contributed by atoms with Gasteiger partial charge < -0.3 is 0 Å². The van der Waals surface area contributed by atoms with Crippen LogP contribution in [0.1, 0.15) is 16.1 Å². The summed E-state index contributed by atoms with van der Waals surface area (Å²) in [7, 11) is 1.40. The second kappa shape index (κ2) is 4.51. The summed E-state index contributed by atoms with van der Waals surface area (Å²) < 4.78 is 5.83. The molecule has 0 amide bonds. The van der Waals surface area contributed by atoms with E-state index in [0.29, 0.717) is 5.56 Å². The molecule has 4 heteroatoms. The topological polar surface area (TPSA) is 39.2 Å². The van der Waals surface area contributed by atoms with Gasteiger partial charge in [-0.3, -0.25) is 0 Å². The van der Waals surface area contributed by atoms with E-state index in [1.54, 1.807) is 6.07 Å². The Kier molecular flexibility index (Phi) is 3.76. The van der Waals surface area contributed by atoms with Crippen molar-refractivity contribution in [2.24, 2.45) is 0 Å². The zero-order valence-corrected chi connectivity index (χ0v) is 12.8. The fraction of sp³-hybridized carbons (Fsp3) is 0.455. The van der Waals surface area contributed by atoms with Crippen molar-refractivity contribution in [1.29, 1.82) is 0 Å². The SMILES string of the molecule is COC(=O)c1cc(C)n[c]([Sn]([CH3])([CH3])[CH3])c1. The number of nitrogens with zero attached hydrogens (tertiary/aromatic N) is 1. The number of carbonyl (C=O) groups excluding carboxylic acids is 1. The molecule has 1 aromatic rings. The van der Waals surface area contributed by atoms with Crippen LogP contribution in [-0.4, -0.2) is 36.4 Å². The standard InChI is InChI=1S/C8H8NO2.3CH3.Sn/c1-6-5-7(3-4-9-6)8(10)11-2;;;;/h3,5H,1-2H3;3*1H3;. The van der Waals surface area contributed by atoms with Crippen LogP contribution < -0.4 is 3.71 Å². The normalized spacial score (nSPS) is 11.3. The van der Waals surface area contributed by atoms with Gasteiger partial charge in [0.2, 0.25) is 0 Å². The Morgan fingerprint density at radius 2 is 1.93 bits per heavy atom. The molecule has 0 radical (unpaired) electrons. The second-order valence-electron chi connectivity index (χ2n) is 4.62. The third-order valence-electron chi connectivity index (χ3n) is 2.14. The number of hydrogen-bond acceptors (Lipinski definition) is 3. The molecule has 0 atom stereocenters. The van der Waals surface area contributed by atoms with Gasteiger partial charge in [0.1, 0.15) is 0 Å². The first-order valence-electron chi connectivity index (χ1n) is 4.92. The van der Waals surface area contributed by atoms with Crippen molar-refractivity contribution in [2.45, 2.75) is 21.7 Å². The number of rotatable bonds is 2. The minimum absolute atomic E-state index is 0.280. The van der Waals surface area contributed by atoms with Crippen molar-refractivity contribution in [1.82, 2.24) is 4.98 Å². The van der Waals surface area contributed by atoms with E-state index in [1.165, 1.54) is 7.11 Å². The van der Waals surface area contributed by atoms with Gasteiger partial charge in [-0.05, 0) is 0 Å². The Bertz CT molecular complexity index is 383. The Morgan fingerprint density at radius 1 is 1.33 bits per heavy atom. The third kappa shape index (κ3) is 3.19. The third-order valence-corrected chi connectivity index (χ3v) is 7.26. The zero-order chi connectivity index (χ0) is 11.6. The Hall–Kier alpha value is -0.581. The van der Waals surface area contributed by atoms with E-state index < -0.39 is 18.4 Å². The van der Waals surface area contributed by atoms with Crippen LogP contribution in [0.5, 0.6) is 0 Å². The molecule has 82 valence electrons. The maximum atomic E-state index is 11.4. The molecule has 0 unspecified atom stereocenters. The molecule has 0 fully saturated rings. The molecular weight excluding hydrogens is 297 g/mol. The van der Waals surface area contributed by atoms with E-state index in [1.807, 2.05) is 13.0 Å². The average Bonchev–Trinajstić information content (AvgIpc) is 2.14. The molecule has 1 heterocycles. The van der Waals surface area contributed by atoms with Crippen LogP contribution in [0, 0.1) is 6.92 Å². The molecule has 0 aliphatic heterocycles. The second-order valence-corrected chi connectivity index (χ2v) is 18.9. The van der Waals surface area contributed by atoms with Gasteiger partial charge in [0.15, 0.2) is 0 Å². The van der Waals surface area contributed by atoms with Crippen molar-refractivity contribution < 1.29 is 9.53 Å². The van der Waals surface area contributed by atoms with E-state index in [9.17, 15) is 4.79 Å². The molecule has 0 aliphatic carbocycles. The van der Waals surface area contributed by atoms with Gasteiger partial charge >= 0.3 is 94.8 Å². The molecule has 1 rings (SSSR count). The van der Waals surface area contributed by atoms with Crippen LogP contribution in [0.4, 0.5) is 0 Å². The van der Waals surface area contributed by atoms with E-state index in [-0.39, 0.29) is 5.97 Å². The van der Waals surface area contributed by atoms with Gasteiger partial charge in [-0.2, -0.15) is 0 Å². The predicted octanol–water partition coefficient (Wildman–Crippen LogP) is 1.72. The monoisotopic (exact) mass is 315 g/mol.